The first kappa shape index (κ1) is 11.7. The molecule has 1 heterocycles. The van der Waals surface area contributed by atoms with Crippen molar-refractivity contribution in [3.8, 4) is 0 Å². The second kappa shape index (κ2) is 4.69. The summed E-state index contributed by atoms with van der Waals surface area (Å²) in [5.74, 6) is 0. The highest BCUT2D eigenvalue weighted by Gasteiger charge is 2.32. The van der Waals surface area contributed by atoms with Crippen LogP contribution in [0.25, 0.3) is 10.8 Å². The lowest BCUT2D eigenvalue weighted by Gasteiger charge is -2.37. The van der Waals surface area contributed by atoms with E-state index >= 15 is 0 Å². The fraction of sp³-hybridized carbons (Fsp3) is 0.438. The Morgan fingerprint density at radius 1 is 1.06 bits per heavy atom. The van der Waals surface area contributed by atoms with Crippen LogP contribution in [0.1, 0.15) is 37.7 Å². The van der Waals surface area contributed by atoms with Crippen LogP contribution in [0.15, 0.2) is 36.7 Å². The zero-order chi connectivity index (χ0) is 12.4. The van der Waals surface area contributed by atoms with Gasteiger partial charge < -0.3 is 5.73 Å². The maximum atomic E-state index is 6.10. The number of pyridine rings is 1. The first-order valence-electron chi connectivity index (χ1n) is 6.88. The number of aromatic nitrogens is 1. The van der Waals surface area contributed by atoms with Crippen LogP contribution in [-0.4, -0.2) is 11.5 Å². The van der Waals surface area contributed by atoms with Crippen LogP contribution >= 0.6 is 0 Å². The van der Waals surface area contributed by atoms with Crippen LogP contribution in [0.3, 0.4) is 0 Å². The van der Waals surface area contributed by atoms with Crippen molar-refractivity contribution in [1.29, 1.82) is 0 Å². The SMILES string of the molecule is NCC1(c2ccc3cnccc3c2)CCCCC1. The number of rotatable bonds is 2. The molecule has 1 fully saturated rings. The van der Waals surface area contributed by atoms with Gasteiger partial charge in [0.1, 0.15) is 0 Å². The van der Waals surface area contributed by atoms with Gasteiger partial charge in [-0.25, -0.2) is 0 Å². The van der Waals surface area contributed by atoms with Crippen LogP contribution in [0.4, 0.5) is 0 Å². The number of hydrogen-bond acceptors (Lipinski definition) is 2. The highest BCUT2D eigenvalue weighted by Crippen LogP contribution is 2.39. The third-order valence-corrected chi connectivity index (χ3v) is 4.45. The Balaban J connectivity index is 2.06. The molecule has 0 amide bonds. The van der Waals surface area contributed by atoms with E-state index in [4.69, 9.17) is 5.73 Å². The minimum atomic E-state index is 0.218. The maximum absolute atomic E-state index is 6.10. The average molecular weight is 240 g/mol. The predicted molar refractivity (Wildman–Crippen MR) is 75.6 cm³/mol. The molecule has 1 aromatic heterocycles. The van der Waals surface area contributed by atoms with Crippen molar-refractivity contribution < 1.29 is 0 Å². The summed E-state index contributed by atoms with van der Waals surface area (Å²) in [6, 6.07) is 8.84. The van der Waals surface area contributed by atoms with Crippen LogP contribution in [0.2, 0.25) is 0 Å². The summed E-state index contributed by atoms with van der Waals surface area (Å²) in [4.78, 5) is 4.17. The van der Waals surface area contributed by atoms with Gasteiger partial charge in [0, 0.05) is 29.7 Å². The Bertz CT molecular complexity index is 542. The molecule has 0 aliphatic heterocycles. The second-order valence-electron chi connectivity index (χ2n) is 5.48. The number of nitrogens with two attached hydrogens (primary N) is 1. The summed E-state index contributed by atoms with van der Waals surface area (Å²) < 4.78 is 0. The second-order valence-corrected chi connectivity index (χ2v) is 5.48. The molecular formula is C16H20N2. The lowest BCUT2D eigenvalue weighted by atomic mass is 9.69. The topological polar surface area (TPSA) is 38.9 Å². The predicted octanol–water partition coefficient (Wildman–Crippen LogP) is 3.40. The van der Waals surface area contributed by atoms with Crippen molar-refractivity contribution in [2.45, 2.75) is 37.5 Å². The first-order chi connectivity index (χ1) is 8.84. The van der Waals surface area contributed by atoms with Gasteiger partial charge in [0.2, 0.25) is 0 Å². The van der Waals surface area contributed by atoms with E-state index in [1.807, 2.05) is 12.4 Å². The number of nitrogens with zero attached hydrogens (tertiary/aromatic N) is 1. The summed E-state index contributed by atoms with van der Waals surface area (Å²) >= 11 is 0. The molecular weight excluding hydrogens is 220 g/mol. The molecule has 2 nitrogen and oxygen atoms in total. The summed E-state index contributed by atoms with van der Waals surface area (Å²) in [5, 5.41) is 2.49. The molecule has 94 valence electrons. The number of benzene rings is 1. The molecule has 2 aromatic rings. The zero-order valence-electron chi connectivity index (χ0n) is 10.7. The fourth-order valence-electron chi connectivity index (χ4n) is 3.25. The summed E-state index contributed by atoms with van der Waals surface area (Å²) in [7, 11) is 0. The van der Waals surface area contributed by atoms with Crippen molar-refractivity contribution in [3.63, 3.8) is 0 Å². The lowest BCUT2D eigenvalue weighted by Crippen LogP contribution is -2.37. The van der Waals surface area contributed by atoms with Gasteiger partial charge in [0.05, 0.1) is 0 Å². The molecule has 0 radical (unpaired) electrons. The van der Waals surface area contributed by atoms with Crippen LogP contribution < -0.4 is 5.73 Å². The van der Waals surface area contributed by atoms with Gasteiger partial charge >= 0.3 is 0 Å². The molecule has 1 aliphatic carbocycles. The van der Waals surface area contributed by atoms with Crippen LogP contribution in [0.5, 0.6) is 0 Å². The Morgan fingerprint density at radius 3 is 2.67 bits per heavy atom. The smallest absolute Gasteiger partial charge is 0.0346 e. The van der Waals surface area contributed by atoms with Gasteiger partial charge in [-0.2, -0.15) is 0 Å². The van der Waals surface area contributed by atoms with Gasteiger partial charge in [-0.05, 0) is 29.9 Å². The van der Waals surface area contributed by atoms with Gasteiger partial charge in [-0.1, -0.05) is 37.5 Å². The molecule has 0 bridgehead atoms. The van der Waals surface area contributed by atoms with Gasteiger partial charge in [0.15, 0.2) is 0 Å². The van der Waals surface area contributed by atoms with E-state index in [9.17, 15) is 0 Å². The normalized spacial score (nSPS) is 18.9. The molecule has 2 heteroatoms. The molecule has 2 N–H and O–H groups in total. The molecule has 0 atom stereocenters. The number of hydrogen-bond donors (Lipinski definition) is 1. The van der Waals surface area contributed by atoms with E-state index < -0.39 is 0 Å². The Kier molecular flexibility index (Phi) is 3.04. The lowest BCUT2D eigenvalue weighted by molar-refractivity contribution is 0.301. The fourth-order valence-corrected chi connectivity index (χ4v) is 3.25. The van der Waals surface area contributed by atoms with E-state index in [-0.39, 0.29) is 5.41 Å². The average Bonchev–Trinajstić information content (AvgIpc) is 2.47. The van der Waals surface area contributed by atoms with Crippen LogP contribution in [0, 0.1) is 0 Å². The standard InChI is InChI=1S/C16H20N2/c17-12-16(7-2-1-3-8-16)15-5-4-14-11-18-9-6-13(14)10-15/h4-6,9-11H,1-3,7-8,12,17H2. The van der Waals surface area contributed by atoms with Gasteiger partial charge in [0.25, 0.3) is 0 Å². The molecule has 0 spiro atoms. The summed E-state index contributed by atoms with van der Waals surface area (Å²) in [6.07, 6.45) is 10.2. The van der Waals surface area contributed by atoms with E-state index in [1.54, 1.807) is 0 Å². The first-order valence-corrected chi connectivity index (χ1v) is 6.88. The monoisotopic (exact) mass is 240 g/mol. The highest BCUT2D eigenvalue weighted by molar-refractivity contribution is 5.82. The summed E-state index contributed by atoms with van der Waals surface area (Å²) in [6.45, 7) is 0.767. The van der Waals surface area contributed by atoms with Crippen molar-refractivity contribution in [3.05, 3.63) is 42.2 Å². The molecule has 1 aromatic carbocycles. The van der Waals surface area contributed by atoms with Crippen molar-refractivity contribution in [1.82, 2.24) is 4.98 Å². The van der Waals surface area contributed by atoms with Gasteiger partial charge in [-0.3, -0.25) is 4.98 Å². The zero-order valence-corrected chi connectivity index (χ0v) is 10.7. The third-order valence-electron chi connectivity index (χ3n) is 4.45. The van der Waals surface area contributed by atoms with Crippen molar-refractivity contribution >= 4 is 10.8 Å². The minimum absolute atomic E-state index is 0.218. The van der Waals surface area contributed by atoms with E-state index in [2.05, 4.69) is 29.2 Å². The number of fused-ring (bicyclic) bond motifs is 1. The molecule has 1 aliphatic rings. The van der Waals surface area contributed by atoms with Gasteiger partial charge in [-0.15, -0.1) is 0 Å². The van der Waals surface area contributed by atoms with Crippen LogP contribution in [-0.2, 0) is 5.41 Å². The van der Waals surface area contributed by atoms with Crippen molar-refractivity contribution in [2.75, 3.05) is 6.54 Å². The van der Waals surface area contributed by atoms with E-state index in [0.29, 0.717) is 0 Å². The summed E-state index contributed by atoms with van der Waals surface area (Å²) in [5.41, 5.74) is 7.74. The van der Waals surface area contributed by atoms with E-state index in [0.717, 1.165) is 6.54 Å². The van der Waals surface area contributed by atoms with Crippen molar-refractivity contribution in [2.24, 2.45) is 5.73 Å². The molecule has 0 saturated heterocycles. The molecule has 3 rings (SSSR count). The Labute approximate surface area is 108 Å². The Hall–Kier alpha value is -1.41. The molecule has 18 heavy (non-hydrogen) atoms. The molecule has 0 unspecified atom stereocenters. The highest BCUT2D eigenvalue weighted by atomic mass is 14.6. The maximum Gasteiger partial charge on any atom is 0.0346 e. The third kappa shape index (κ3) is 1.91. The minimum Gasteiger partial charge on any atom is -0.330 e. The quantitative estimate of drug-likeness (QED) is 0.873. The Morgan fingerprint density at radius 2 is 1.89 bits per heavy atom. The largest absolute Gasteiger partial charge is 0.330 e. The van der Waals surface area contributed by atoms with E-state index in [1.165, 1.54) is 48.4 Å². The molecule has 1 saturated carbocycles.